The Balaban J connectivity index is 2.66. The molecule has 2 heteroatoms. The van der Waals surface area contributed by atoms with Crippen LogP contribution in [0.15, 0.2) is 42.5 Å². The van der Waals surface area contributed by atoms with E-state index in [0.29, 0.717) is 6.04 Å². The molecule has 0 aliphatic heterocycles. The molecule has 0 heterocycles. The number of nitrogens with zero attached hydrogens (tertiary/aromatic N) is 1. The Morgan fingerprint density at radius 3 is 2.53 bits per heavy atom. The van der Waals surface area contributed by atoms with E-state index in [9.17, 15) is 0 Å². The predicted octanol–water partition coefficient (Wildman–Crippen LogP) is 2.84. The zero-order valence-electron chi connectivity index (χ0n) is 10.9. The van der Waals surface area contributed by atoms with Crippen LogP contribution < -0.4 is 0 Å². The van der Waals surface area contributed by atoms with Crippen LogP contribution in [-0.2, 0) is 6.54 Å². The molecule has 0 fully saturated rings. The SMILES string of the molecule is C=C(C)CN(Cc1ccccc1)C(C)CCO. The van der Waals surface area contributed by atoms with Crippen LogP contribution >= 0.6 is 0 Å². The lowest BCUT2D eigenvalue weighted by molar-refractivity contribution is 0.172. The van der Waals surface area contributed by atoms with Gasteiger partial charge in [0.1, 0.15) is 0 Å². The topological polar surface area (TPSA) is 23.5 Å². The van der Waals surface area contributed by atoms with E-state index in [1.54, 1.807) is 0 Å². The van der Waals surface area contributed by atoms with E-state index in [1.807, 2.05) is 13.0 Å². The molecule has 0 aliphatic rings. The molecule has 17 heavy (non-hydrogen) atoms. The van der Waals surface area contributed by atoms with E-state index in [-0.39, 0.29) is 6.61 Å². The monoisotopic (exact) mass is 233 g/mol. The van der Waals surface area contributed by atoms with Gasteiger partial charge in [-0.3, -0.25) is 4.90 Å². The molecule has 0 saturated carbocycles. The Kier molecular flexibility index (Phi) is 5.95. The summed E-state index contributed by atoms with van der Waals surface area (Å²) >= 11 is 0. The number of aliphatic hydroxyl groups is 1. The number of hydrogen-bond acceptors (Lipinski definition) is 2. The van der Waals surface area contributed by atoms with Gasteiger partial charge in [0, 0.05) is 25.7 Å². The van der Waals surface area contributed by atoms with Crippen molar-refractivity contribution in [2.75, 3.05) is 13.2 Å². The molecule has 1 rings (SSSR count). The van der Waals surface area contributed by atoms with Gasteiger partial charge in [-0.1, -0.05) is 42.5 Å². The molecule has 94 valence electrons. The van der Waals surface area contributed by atoms with Gasteiger partial charge in [0.2, 0.25) is 0 Å². The second kappa shape index (κ2) is 7.25. The Labute approximate surface area is 105 Å². The number of benzene rings is 1. The predicted molar refractivity (Wildman–Crippen MR) is 72.8 cm³/mol. The first-order valence-electron chi connectivity index (χ1n) is 6.16. The van der Waals surface area contributed by atoms with Crippen molar-refractivity contribution in [1.82, 2.24) is 4.90 Å². The van der Waals surface area contributed by atoms with Gasteiger partial charge >= 0.3 is 0 Å². The fourth-order valence-electron chi connectivity index (χ4n) is 1.90. The molecule has 1 atom stereocenters. The quantitative estimate of drug-likeness (QED) is 0.732. The van der Waals surface area contributed by atoms with Gasteiger partial charge in [-0.2, -0.15) is 0 Å². The van der Waals surface area contributed by atoms with Crippen molar-refractivity contribution in [3.05, 3.63) is 48.0 Å². The van der Waals surface area contributed by atoms with Gasteiger partial charge in [0.05, 0.1) is 0 Å². The number of hydrogen-bond donors (Lipinski definition) is 1. The van der Waals surface area contributed by atoms with Gasteiger partial charge in [-0.25, -0.2) is 0 Å². The summed E-state index contributed by atoms with van der Waals surface area (Å²) < 4.78 is 0. The summed E-state index contributed by atoms with van der Waals surface area (Å²) in [4.78, 5) is 2.36. The van der Waals surface area contributed by atoms with Crippen molar-refractivity contribution >= 4 is 0 Å². The average Bonchev–Trinajstić information content (AvgIpc) is 2.29. The van der Waals surface area contributed by atoms with Gasteiger partial charge < -0.3 is 5.11 Å². The van der Waals surface area contributed by atoms with Gasteiger partial charge in [-0.05, 0) is 25.8 Å². The molecule has 0 aliphatic carbocycles. The maximum Gasteiger partial charge on any atom is 0.0445 e. The van der Waals surface area contributed by atoms with Gasteiger partial charge in [0.15, 0.2) is 0 Å². The van der Waals surface area contributed by atoms with Crippen LogP contribution in [0.3, 0.4) is 0 Å². The standard InChI is InChI=1S/C15H23NO/c1-13(2)11-16(14(3)9-10-17)12-15-7-5-4-6-8-15/h4-8,14,17H,1,9-12H2,2-3H3. The Morgan fingerprint density at radius 1 is 1.35 bits per heavy atom. The highest BCUT2D eigenvalue weighted by atomic mass is 16.3. The largest absolute Gasteiger partial charge is 0.396 e. The van der Waals surface area contributed by atoms with Crippen molar-refractivity contribution in [2.45, 2.75) is 32.9 Å². The van der Waals surface area contributed by atoms with E-state index in [2.05, 4.69) is 42.7 Å². The molecule has 1 aromatic rings. The summed E-state index contributed by atoms with van der Waals surface area (Å²) in [5.41, 5.74) is 2.46. The lowest BCUT2D eigenvalue weighted by Gasteiger charge is -2.29. The molecule has 0 aromatic heterocycles. The van der Waals surface area contributed by atoms with Crippen molar-refractivity contribution in [2.24, 2.45) is 0 Å². The molecule has 0 saturated heterocycles. The lowest BCUT2D eigenvalue weighted by Crippen LogP contribution is -2.34. The van der Waals surface area contributed by atoms with Crippen molar-refractivity contribution < 1.29 is 5.11 Å². The summed E-state index contributed by atoms with van der Waals surface area (Å²) in [6, 6.07) is 10.8. The van der Waals surface area contributed by atoms with E-state index in [4.69, 9.17) is 5.11 Å². The first kappa shape index (κ1) is 13.9. The minimum absolute atomic E-state index is 0.239. The second-order valence-electron chi connectivity index (χ2n) is 4.71. The highest BCUT2D eigenvalue weighted by Crippen LogP contribution is 2.12. The van der Waals surface area contributed by atoms with Crippen LogP contribution in [0.4, 0.5) is 0 Å². The zero-order valence-corrected chi connectivity index (χ0v) is 10.9. The minimum Gasteiger partial charge on any atom is -0.396 e. The highest BCUT2D eigenvalue weighted by Gasteiger charge is 2.13. The number of rotatable bonds is 7. The molecule has 0 radical (unpaired) electrons. The maximum atomic E-state index is 9.04. The van der Waals surface area contributed by atoms with Crippen LogP contribution in [0, 0.1) is 0 Å². The summed E-state index contributed by atoms with van der Waals surface area (Å²) in [6.07, 6.45) is 0.806. The first-order chi connectivity index (χ1) is 8.13. The maximum absolute atomic E-state index is 9.04. The Hall–Kier alpha value is -1.12. The first-order valence-corrected chi connectivity index (χ1v) is 6.16. The van der Waals surface area contributed by atoms with E-state index >= 15 is 0 Å². The molecular formula is C15H23NO. The summed E-state index contributed by atoms with van der Waals surface area (Å²) in [6.45, 7) is 10.2. The van der Waals surface area contributed by atoms with E-state index < -0.39 is 0 Å². The third-order valence-electron chi connectivity index (χ3n) is 2.87. The molecule has 1 unspecified atom stereocenters. The van der Waals surface area contributed by atoms with Crippen molar-refractivity contribution in [1.29, 1.82) is 0 Å². The fourth-order valence-corrected chi connectivity index (χ4v) is 1.90. The molecule has 0 spiro atoms. The van der Waals surface area contributed by atoms with Gasteiger partial charge in [0.25, 0.3) is 0 Å². The Morgan fingerprint density at radius 2 is 2.00 bits per heavy atom. The van der Waals surface area contributed by atoms with E-state index in [1.165, 1.54) is 5.56 Å². The summed E-state index contributed by atoms with van der Waals surface area (Å²) in [5.74, 6) is 0. The van der Waals surface area contributed by atoms with Crippen molar-refractivity contribution in [3.63, 3.8) is 0 Å². The average molecular weight is 233 g/mol. The van der Waals surface area contributed by atoms with Crippen LogP contribution in [0.1, 0.15) is 25.8 Å². The lowest BCUT2D eigenvalue weighted by atomic mass is 10.1. The molecular weight excluding hydrogens is 210 g/mol. The molecule has 2 nitrogen and oxygen atoms in total. The van der Waals surface area contributed by atoms with E-state index in [0.717, 1.165) is 25.1 Å². The smallest absolute Gasteiger partial charge is 0.0445 e. The molecule has 0 amide bonds. The third kappa shape index (κ3) is 5.16. The minimum atomic E-state index is 0.239. The van der Waals surface area contributed by atoms with Crippen LogP contribution in [0.25, 0.3) is 0 Å². The molecule has 0 bridgehead atoms. The van der Waals surface area contributed by atoms with Crippen molar-refractivity contribution in [3.8, 4) is 0 Å². The molecule has 1 N–H and O–H groups in total. The summed E-state index contributed by atoms with van der Waals surface area (Å²) in [5, 5.41) is 9.04. The van der Waals surface area contributed by atoms with Crippen LogP contribution in [-0.4, -0.2) is 29.2 Å². The second-order valence-corrected chi connectivity index (χ2v) is 4.71. The normalized spacial score (nSPS) is 12.7. The van der Waals surface area contributed by atoms with Gasteiger partial charge in [-0.15, -0.1) is 0 Å². The van der Waals surface area contributed by atoms with Crippen LogP contribution in [0.2, 0.25) is 0 Å². The zero-order chi connectivity index (χ0) is 12.7. The Bertz CT molecular complexity index is 334. The fraction of sp³-hybridized carbons (Fsp3) is 0.467. The molecule has 1 aromatic carbocycles. The van der Waals surface area contributed by atoms with Crippen LogP contribution in [0.5, 0.6) is 0 Å². The third-order valence-corrected chi connectivity index (χ3v) is 2.87. The summed E-state index contributed by atoms with van der Waals surface area (Å²) in [7, 11) is 0. The number of aliphatic hydroxyl groups excluding tert-OH is 1. The highest BCUT2D eigenvalue weighted by molar-refractivity contribution is 5.15.